The Balaban J connectivity index is 1.47. The Bertz CT molecular complexity index is 1610. The molecule has 4 aromatic rings. The first-order valence-corrected chi connectivity index (χ1v) is 14.4. The molecule has 0 bridgehead atoms. The van der Waals surface area contributed by atoms with E-state index in [9.17, 15) is 21.6 Å². The maximum Gasteiger partial charge on any atom is 0.261 e. The van der Waals surface area contributed by atoms with Gasteiger partial charge in [-0.05, 0) is 66.9 Å². The summed E-state index contributed by atoms with van der Waals surface area (Å²) in [6.07, 6.45) is 1.12. The molecule has 0 aliphatic heterocycles. The van der Waals surface area contributed by atoms with Crippen molar-refractivity contribution in [1.29, 1.82) is 0 Å². The van der Waals surface area contributed by atoms with Crippen molar-refractivity contribution in [3.63, 3.8) is 0 Å². The third kappa shape index (κ3) is 5.50. The first-order valence-electron chi connectivity index (χ1n) is 11.1. The molecule has 8 nitrogen and oxygen atoms in total. The number of amides is 1. The fraction of sp³-hybridized carbons (Fsp3) is 0.115. The van der Waals surface area contributed by atoms with Gasteiger partial charge in [0.2, 0.25) is 10.0 Å². The number of nitrogens with zero attached hydrogens (tertiary/aromatic N) is 1. The number of hydrogen-bond donors (Lipinski definition) is 2. The molecule has 186 valence electrons. The third-order valence-electron chi connectivity index (χ3n) is 5.56. The molecule has 0 aromatic heterocycles. The van der Waals surface area contributed by atoms with Gasteiger partial charge in [0.1, 0.15) is 0 Å². The lowest BCUT2D eigenvalue weighted by Crippen LogP contribution is -2.29. The van der Waals surface area contributed by atoms with Crippen LogP contribution in [0.4, 0.5) is 17.1 Å². The fourth-order valence-corrected chi connectivity index (χ4v) is 5.88. The lowest BCUT2D eigenvalue weighted by atomic mass is 10.1. The number of carbonyl (C=O) groups excluding carboxylic acids is 1. The number of hydrogen-bond acceptors (Lipinski definition) is 5. The summed E-state index contributed by atoms with van der Waals surface area (Å²) in [6.45, 7) is 2.00. The normalized spacial score (nSPS) is 11.7. The maximum atomic E-state index is 12.9. The van der Waals surface area contributed by atoms with Gasteiger partial charge in [-0.25, -0.2) is 16.8 Å². The molecule has 1 amide bonds. The summed E-state index contributed by atoms with van der Waals surface area (Å²) >= 11 is 0. The first-order chi connectivity index (χ1) is 17.1. The average molecular weight is 524 g/mol. The molecular formula is C26H25N3O5S2. The minimum absolute atomic E-state index is 0.0539. The lowest BCUT2D eigenvalue weighted by Gasteiger charge is -2.20. The lowest BCUT2D eigenvalue weighted by molar-refractivity contribution is 0.102. The van der Waals surface area contributed by atoms with Crippen LogP contribution in [-0.4, -0.2) is 35.5 Å². The van der Waals surface area contributed by atoms with E-state index in [0.717, 1.165) is 17.0 Å². The van der Waals surface area contributed by atoms with Crippen molar-refractivity contribution in [3.05, 3.63) is 96.6 Å². The molecule has 0 heterocycles. The summed E-state index contributed by atoms with van der Waals surface area (Å²) in [5, 5.41) is 4.43. The number of anilines is 3. The molecule has 0 aliphatic rings. The van der Waals surface area contributed by atoms with Crippen LogP contribution in [0.15, 0.2) is 95.9 Å². The van der Waals surface area contributed by atoms with Gasteiger partial charge in [-0.3, -0.25) is 13.8 Å². The molecule has 4 rings (SSSR count). The molecule has 0 fully saturated rings. The third-order valence-corrected chi connectivity index (χ3v) is 8.21. The maximum absolute atomic E-state index is 12.9. The number of fused-ring (bicyclic) bond motifs is 1. The van der Waals surface area contributed by atoms with Crippen LogP contribution in [0.2, 0.25) is 0 Å². The van der Waals surface area contributed by atoms with Crippen molar-refractivity contribution in [3.8, 4) is 0 Å². The predicted octanol–water partition coefficient (Wildman–Crippen LogP) is 4.68. The summed E-state index contributed by atoms with van der Waals surface area (Å²) in [4.78, 5) is 12.7. The molecule has 0 radical (unpaired) electrons. The van der Waals surface area contributed by atoms with Gasteiger partial charge in [0.05, 0.1) is 22.5 Å². The zero-order valence-corrected chi connectivity index (χ0v) is 21.3. The van der Waals surface area contributed by atoms with Crippen molar-refractivity contribution >= 4 is 53.8 Å². The molecule has 0 unspecified atom stereocenters. The Morgan fingerprint density at radius 3 is 2.08 bits per heavy atom. The van der Waals surface area contributed by atoms with Gasteiger partial charge in [-0.2, -0.15) is 0 Å². The van der Waals surface area contributed by atoms with E-state index in [-0.39, 0.29) is 11.4 Å². The Kier molecular flexibility index (Phi) is 7.00. The number of nitrogens with one attached hydrogen (secondary N) is 2. The fourth-order valence-electron chi connectivity index (χ4n) is 3.83. The number of rotatable bonds is 8. The quantitative estimate of drug-likeness (QED) is 0.348. The van der Waals surface area contributed by atoms with Crippen molar-refractivity contribution < 1.29 is 21.6 Å². The monoisotopic (exact) mass is 523 g/mol. The second kappa shape index (κ2) is 10.00. The molecule has 0 atom stereocenters. The highest BCUT2D eigenvalue weighted by molar-refractivity contribution is 7.92. The van der Waals surface area contributed by atoms with Gasteiger partial charge in [0.25, 0.3) is 15.9 Å². The van der Waals surface area contributed by atoms with E-state index in [0.29, 0.717) is 22.6 Å². The van der Waals surface area contributed by atoms with Gasteiger partial charge in [0.15, 0.2) is 0 Å². The Hall–Kier alpha value is -3.89. The number of benzene rings is 4. The van der Waals surface area contributed by atoms with Crippen LogP contribution < -0.4 is 14.3 Å². The van der Waals surface area contributed by atoms with E-state index >= 15 is 0 Å². The SMILES string of the molecule is CCN(c1ccc(C(=O)Nc2ccc(S(=O)(=O)Nc3cccc4ccccc34)cc2)cc1)S(C)(=O)=O. The second-order valence-corrected chi connectivity index (χ2v) is 11.7. The van der Waals surface area contributed by atoms with E-state index in [1.807, 2.05) is 30.3 Å². The van der Waals surface area contributed by atoms with Gasteiger partial charge in [-0.15, -0.1) is 0 Å². The van der Waals surface area contributed by atoms with E-state index < -0.39 is 26.0 Å². The standard InChI is InChI=1S/C26H25N3O5S2/c1-3-29(35(2,31)32)22-15-11-20(12-16-22)26(30)27-21-13-17-23(18-14-21)36(33,34)28-25-10-6-8-19-7-4-5-9-24(19)25/h4-18,28H,3H2,1-2H3,(H,27,30). The molecule has 4 aromatic carbocycles. The highest BCUT2D eigenvalue weighted by atomic mass is 32.2. The van der Waals surface area contributed by atoms with E-state index in [2.05, 4.69) is 10.0 Å². The Morgan fingerprint density at radius 2 is 1.44 bits per heavy atom. The van der Waals surface area contributed by atoms with Gasteiger partial charge < -0.3 is 5.32 Å². The molecule has 36 heavy (non-hydrogen) atoms. The zero-order valence-electron chi connectivity index (χ0n) is 19.7. The summed E-state index contributed by atoms with van der Waals surface area (Å²) in [5.74, 6) is -0.409. The highest BCUT2D eigenvalue weighted by Gasteiger charge is 2.17. The van der Waals surface area contributed by atoms with Crippen LogP contribution >= 0.6 is 0 Å². The molecule has 0 saturated heterocycles. The van der Waals surface area contributed by atoms with Crippen molar-refractivity contribution in [2.75, 3.05) is 27.1 Å². The molecule has 2 N–H and O–H groups in total. The largest absolute Gasteiger partial charge is 0.322 e. The van der Waals surface area contributed by atoms with Crippen LogP contribution in [0.25, 0.3) is 10.8 Å². The smallest absolute Gasteiger partial charge is 0.261 e. The molecule has 0 spiro atoms. The Morgan fingerprint density at radius 1 is 0.806 bits per heavy atom. The topological polar surface area (TPSA) is 113 Å². The summed E-state index contributed by atoms with van der Waals surface area (Å²) < 4.78 is 53.5. The summed E-state index contributed by atoms with van der Waals surface area (Å²) in [5.41, 5.74) is 1.69. The molecule has 10 heteroatoms. The summed E-state index contributed by atoms with van der Waals surface area (Å²) in [7, 11) is -7.26. The average Bonchev–Trinajstić information content (AvgIpc) is 2.84. The second-order valence-electron chi connectivity index (χ2n) is 8.09. The van der Waals surface area contributed by atoms with E-state index in [1.165, 1.54) is 40.7 Å². The minimum Gasteiger partial charge on any atom is -0.322 e. The van der Waals surface area contributed by atoms with Gasteiger partial charge >= 0.3 is 0 Å². The first kappa shape index (κ1) is 25.2. The molecular weight excluding hydrogens is 498 g/mol. The predicted molar refractivity (Wildman–Crippen MR) is 143 cm³/mol. The van der Waals surface area contributed by atoms with Crippen LogP contribution in [0.5, 0.6) is 0 Å². The van der Waals surface area contributed by atoms with Gasteiger partial charge in [0, 0.05) is 23.2 Å². The van der Waals surface area contributed by atoms with Crippen LogP contribution in [0, 0.1) is 0 Å². The van der Waals surface area contributed by atoms with Gasteiger partial charge in [-0.1, -0.05) is 36.4 Å². The van der Waals surface area contributed by atoms with Crippen LogP contribution in [-0.2, 0) is 20.0 Å². The van der Waals surface area contributed by atoms with Crippen molar-refractivity contribution in [2.24, 2.45) is 0 Å². The van der Waals surface area contributed by atoms with Crippen LogP contribution in [0.3, 0.4) is 0 Å². The number of sulfonamides is 2. The van der Waals surface area contributed by atoms with Crippen molar-refractivity contribution in [2.45, 2.75) is 11.8 Å². The highest BCUT2D eigenvalue weighted by Crippen LogP contribution is 2.26. The van der Waals surface area contributed by atoms with E-state index in [4.69, 9.17) is 0 Å². The number of carbonyl (C=O) groups is 1. The van der Waals surface area contributed by atoms with E-state index in [1.54, 1.807) is 31.2 Å². The molecule has 0 aliphatic carbocycles. The van der Waals surface area contributed by atoms with Crippen molar-refractivity contribution in [1.82, 2.24) is 0 Å². The minimum atomic E-state index is -3.85. The molecule has 0 saturated carbocycles. The summed E-state index contributed by atoms with van der Waals surface area (Å²) in [6, 6.07) is 24.9. The zero-order chi connectivity index (χ0) is 25.9. The Labute approximate surface area is 210 Å². The van der Waals surface area contributed by atoms with Crippen LogP contribution in [0.1, 0.15) is 17.3 Å².